The molecular weight excluding hydrogens is 935 g/mol. The highest BCUT2D eigenvalue weighted by Crippen LogP contribution is 2.35. The first kappa shape index (κ1) is 51.8. The van der Waals surface area contributed by atoms with Gasteiger partial charge in [0.15, 0.2) is 0 Å². The quantitative estimate of drug-likeness (QED) is 0.121. The minimum atomic E-state index is -1.71. The minimum absolute atomic E-state index is 0.0647. The number of aromatic nitrogens is 4. The van der Waals surface area contributed by atoms with Crippen molar-refractivity contribution < 1.29 is 9.53 Å². The lowest BCUT2D eigenvalue weighted by atomic mass is 9.97. The summed E-state index contributed by atoms with van der Waals surface area (Å²) in [5.74, 6) is 20.7. The Balaban J connectivity index is 1.57. The monoisotopic (exact) mass is 999 g/mol. The van der Waals surface area contributed by atoms with Crippen LogP contribution in [0, 0.1) is 57.7 Å². The number of benzene rings is 2. The third-order valence-electron chi connectivity index (χ3n) is 10.3. The van der Waals surface area contributed by atoms with Gasteiger partial charge in [0.2, 0.25) is 0 Å². The highest BCUT2D eigenvalue weighted by molar-refractivity contribution is 6.85. The molecule has 3 aromatic heterocycles. The van der Waals surface area contributed by atoms with Crippen molar-refractivity contribution in [1.82, 2.24) is 25.3 Å². The first-order valence-corrected chi connectivity index (χ1v) is 38.1. The second kappa shape index (κ2) is 20.4. The van der Waals surface area contributed by atoms with Gasteiger partial charge < -0.3 is 20.0 Å². The van der Waals surface area contributed by atoms with Crippen molar-refractivity contribution in [3.63, 3.8) is 0 Å². The number of alkyl carbamates (subject to hydrolysis) is 1. The van der Waals surface area contributed by atoms with Gasteiger partial charge in [-0.1, -0.05) is 114 Å². The molecule has 11 heteroatoms. The number of rotatable bonds is 3. The molecule has 5 aromatic rings. The second-order valence-electron chi connectivity index (χ2n) is 23.1. The Morgan fingerprint density at radius 2 is 0.986 bits per heavy atom. The van der Waals surface area contributed by atoms with Crippen LogP contribution >= 0.6 is 0 Å². The zero-order valence-corrected chi connectivity index (χ0v) is 48.1. The van der Waals surface area contributed by atoms with Crippen LogP contribution < -0.4 is 5.32 Å². The van der Waals surface area contributed by atoms with Crippen LogP contribution in [0.25, 0.3) is 68.6 Å². The maximum atomic E-state index is 12.7. The summed E-state index contributed by atoms with van der Waals surface area (Å²) in [6.45, 7) is 32.6. The maximum Gasteiger partial charge on any atom is 0.408 e. The summed E-state index contributed by atoms with van der Waals surface area (Å²) >= 11 is 0. The topological polar surface area (TPSA) is 95.7 Å². The number of aromatic amines is 2. The van der Waals surface area contributed by atoms with Crippen LogP contribution in [0.2, 0.25) is 78.6 Å². The fraction of sp³-hybridized carbons (Fsp3) is 0.283. The Hall–Kier alpha value is -7.02. The molecule has 8 bridgehead atoms. The molecule has 0 saturated carbocycles. The van der Waals surface area contributed by atoms with Crippen molar-refractivity contribution in [2.24, 2.45) is 0 Å². The fourth-order valence-electron chi connectivity index (χ4n) is 7.31. The summed E-state index contributed by atoms with van der Waals surface area (Å²) in [4.78, 5) is 30.9. The molecule has 2 aliphatic heterocycles. The number of amides is 1. The molecule has 0 saturated heterocycles. The maximum absolute atomic E-state index is 12.7. The summed E-state index contributed by atoms with van der Waals surface area (Å²) in [5, 5.41) is 2.80. The summed E-state index contributed by atoms with van der Waals surface area (Å²) in [6.07, 6.45) is 7.60. The predicted molar refractivity (Wildman–Crippen MR) is 312 cm³/mol. The molecule has 0 spiro atoms. The van der Waals surface area contributed by atoms with E-state index in [0.717, 1.165) is 83.7 Å². The zero-order chi connectivity index (χ0) is 51.5. The van der Waals surface area contributed by atoms with Gasteiger partial charge in [0.05, 0.1) is 40.4 Å². The molecule has 0 radical (unpaired) electrons. The molecular formula is C60H65N5O2Si4. The smallest absolute Gasteiger partial charge is 0.408 e. The van der Waals surface area contributed by atoms with Crippen LogP contribution in [0.3, 0.4) is 0 Å². The van der Waals surface area contributed by atoms with Gasteiger partial charge in [-0.25, -0.2) is 14.8 Å². The van der Waals surface area contributed by atoms with Crippen LogP contribution in [0.15, 0.2) is 66.7 Å². The van der Waals surface area contributed by atoms with E-state index in [1.807, 2.05) is 45.1 Å². The zero-order valence-electron chi connectivity index (χ0n) is 44.1. The van der Waals surface area contributed by atoms with E-state index in [-0.39, 0.29) is 6.54 Å². The molecule has 0 atom stereocenters. The third-order valence-corrected chi connectivity index (χ3v) is 13.8. The molecule has 3 N–H and O–H groups in total. The van der Waals surface area contributed by atoms with Gasteiger partial charge in [0, 0.05) is 49.9 Å². The average molecular weight is 1000 g/mol. The third kappa shape index (κ3) is 15.0. The molecule has 358 valence electrons. The molecule has 2 aromatic carbocycles. The van der Waals surface area contributed by atoms with Crippen molar-refractivity contribution in [1.29, 1.82) is 0 Å². The number of nitrogens with zero attached hydrogens (tertiary/aromatic N) is 2. The molecule has 7 nitrogen and oxygen atoms in total. The fourth-order valence-corrected chi connectivity index (χ4v) is 9.39. The normalized spacial score (nSPS) is 12.2. The molecule has 0 aliphatic carbocycles. The number of hydrogen-bond donors (Lipinski definition) is 3. The lowest BCUT2D eigenvalue weighted by molar-refractivity contribution is 0.0535. The summed E-state index contributed by atoms with van der Waals surface area (Å²) in [6, 6.07) is 23.2. The molecule has 71 heavy (non-hydrogen) atoms. The molecule has 7 rings (SSSR count). The number of carbonyl (C=O) groups excluding carboxylic acids is 1. The van der Waals surface area contributed by atoms with Crippen molar-refractivity contribution in [2.75, 3.05) is 6.54 Å². The Morgan fingerprint density at radius 1 is 0.535 bits per heavy atom. The number of hydrogen-bond acceptors (Lipinski definition) is 4. The Bertz CT molecular complexity index is 3440. The number of H-pyrrole nitrogens is 2. The van der Waals surface area contributed by atoms with Gasteiger partial charge in [-0.15, -0.1) is 22.2 Å². The van der Waals surface area contributed by atoms with Crippen molar-refractivity contribution in [2.45, 2.75) is 105 Å². The van der Waals surface area contributed by atoms with Crippen LogP contribution in [-0.2, 0) is 4.74 Å². The van der Waals surface area contributed by atoms with Gasteiger partial charge >= 0.3 is 6.09 Å². The average Bonchev–Trinajstić information content (AvgIpc) is 4.10. The molecule has 5 heterocycles. The predicted octanol–water partition coefficient (Wildman–Crippen LogP) is 13.8. The van der Waals surface area contributed by atoms with Crippen LogP contribution in [0.4, 0.5) is 4.79 Å². The lowest BCUT2D eigenvalue weighted by Gasteiger charge is -2.19. The van der Waals surface area contributed by atoms with Crippen LogP contribution in [0.1, 0.15) is 71.4 Å². The lowest BCUT2D eigenvalue weighted by Crippen LogP contribution is -2.32. The summed E-state index contributed by atoms with van der Waals surface area (Å²) < 4.78 is 5.52. The van der Waals surface area contributed by atoms with E-state index in [9.17, 15) is 4.79 Å². The van der Waals surface area contributed by atoms with E-state index in [0.29, 0.717) is 11.3 Å². The van der Waals surface area contributed by atoms with Crippen molar-refractivity contribution in [3.05, 3.63) is 117 Å². The first-order chi connectivity index (χ1) is 33.1. The number of nitrogens with one attached hydrogen (secondary N) is 3. The van der Waals surface area contributed by atoms with Crippen molar-refractivity contribution in [3.8, 4) is 80.0 Å². The number of fused-ring (bicyclic) bond motifs is 8. The largest absolute Gasteiger partial charge is 0.444 e. The van der Waals surface area contributed by atoms with E-state index in [4.69, 9.17) is 14.7 Å². The Kier molecular flexibility index (Phi) is 14.9. The summed E-state index contributed by atoms with van der Waals surface area (Å²) in [5.41, 5.74) is 28.0. The molecule has 1 amide bonds. The van der Waals surface area contributed by atoms with E-state index in [2.05, 4.69) is 218 Å². The van der Waals surface area contributed by atoms with E-state index >= 15 is 0 Å². The highest BCUT2D eigenvalue weighted by Gasteiger charge is 2.20. The first-order valence-electron chi connectivity index (χ1n) is 24.1. The van der Waals surface area contributed by atoms with Gasteiger partial charge in [-0.3, -0.25) is 0 Å². The van der Waals surface area contributed by atoms with E-state index < -0.39 is 44.0 Å². The standard InChI is InChI=1S/C60H65N5O2Si4/c1-60(2,3)67-59(66)61-30-16-17-50-51-22-24-55(64-51)57(46-37-42(26-31-68(4,5)6)35-43(38-46)27-32-69(7,8)9)53-20-18-48(62-53)41-49-19-21-54(63-49)58(56-25-23-52(50)65-56)47-39-44(28-33-70(10,11)12)36-45(40-47)29-34-71(13,14)15/h18-25,35-41,62,64H,30H2,1-15H3,(H,61,66). The highest BCUT2D eigenvalue weighted by atomic mass is 28.3. The van der Waals surface area contributed by atoms with Crippen molar-refractivity contribution >= 4 is 84.8 Å². The van der Waals surface area contributed by atoms with E-state index in [1.54, 1.807) is 0 Å². The van der Waals surface area contributed by atoms with Crippen LogP contribution in [0.5, 0.6) is 0 Å². The molecule has 0 unspecified atom stereocenters. The van der Waals surface area contributed by atoms with E-state index in [1.165, 1.54) is 0 Å². The van der Waals surface area contributed by atoms with Crippen LogP contribution in [-0.4, -0.2) is 70.5 Å². The SMILES string of the molecule is CC(C)(C)OC(=O)NCC#Cc1c2nc(c(-c3cc(C#C[Si](C)(C)C)cc(C#C[Si](C)(C)C)c3)c3nc(cc4ccc([nH]4)c(-c4cc(C#C[Si](C)(C)C)cc(C#C[Si](C)(C)C)c4)c4ccc1[nH]4)C=C3)C=C2. The number of ether oxygens (including phenoxy) is 1. The number of carbonyl (C=O) groups is 1. The molecule has 0 fully saturated rings. The summed E-state index contributed by atoms with van der Waals surface area (Å²) in [7, 11) is -6.82. The van der Waals surface area contributed by atoms with Gasteiger partial charge in [-0.2, -0.15) is 0 Å². The Morgan fingerprint density at radius 3 is 1.51 bits per heavy atom. The second-order valence-corrected chi connectivity index (χ2v) is 42.1. The van der Waals surface area contributed by atoms with Gasteiger partial charge in [0.25, 0.3) is 0 Å². The Labute approximate surface area is 425 Å². The van der Waals surface area contributed by atoms with Gasteiger partial charge in [-0.05, 0) is 123 Å². The van der Waals surface area contributed by atoms with Gasteiger partial charge in [0.1, 0.15) is 37.9 Å². The molecule has 2 aliphatic rings. The minimum Gasteiger partial charge on any atom is -0.444 e.